The SMILES string of the molecule is CC(=O)c1csc(NC(=O)C2CNC2)n1.Cl. The molecule has 88 valence electrons. The second kappa shape index (κ2) is 5.38. The molecule has 0 bridgehead atoms. The van der Waals surface area contributed by atoms with Crippen molar-refractivity contribution in [3.63, 3.8) is 0 Å². The van der Waals surface area contributed by atoms with E-state index in [1.54, 1.807) is 5.38 Å². The van der Waals surface area contributed by atoms with Crippen molar-refractivity contribution in [2.75, 3.05) is 18.4 Å². The molecule has 0 unspecified atom stereocenters. The number of carbonyl (C=O) groups excluding carboxylic acids is 2. The topological polar surface area (TPSA) is 71.1 Å². The molecule has 5 nitrogen and oxygen atoms in total. The zero-order valence-corrected chi connectivity index (χ0v) is 10.3. The number of thiazole rings is 1. The van der Waals surface area contributed by atoms with Crippen LogP contribution in [0.15, 0.2) is 5.38 Å². The van der Waals surface area contributed by atoms with Crippen LogP contribution in [-0.2, 0) is 4.79 Å². The molecule has 0 radical (unpaired) electrons. The Hall–Kier alpha value is -0.980. The number of carbonyl (C=O) groups is 2. The summed E-state index contributed by atoms with van der Waals surface area (Å²) in [4.78, 5) is 26.5. The van der Waals surface area contributed by atoms with Gasteiger partial charge in [0.05, 0.1) is 5.92 Å². The number of hydrogen-bond donors (Lipinski definition) is 2. The van der Waals surface area contributed by atoms with Crippen molar-refractivity contribution in [1.82, 2.24) is 10.3 Å². The van der Waals surface area contributed by atoms with Crippen LogP contribution in [0.1, 0.15) is 17.4 Å². The Balaban J connectivity index is 0.00000128. The van der Waals surface area contributed by atoms with Gasteiger partial charge in [-0.3, -0.25) is 9.59 Å². The maximum absolute atomic E-state index is 11.5. The molecule has 2 rings (SSSR count). The first kappa shape index (κ1) is 13.1. The Kier molecular flexibility index (Phi) is 4.40. The van der Waals surface area contributed by atoms with Gasteiger partial charge in [-0.1, -0.05) is 0 Å². The second-order valence-electron chi connectivity index (χ2n) is 3.44. The van der Waals surface area contributed by atoms with E-state index in [1.807, 2.05) is 0 Å². The number of Topliss-reactive ketones (excluding diaryl/α,β-unsaturated/α-hetero) is 1. The molecule has 0 atom stereocenters. The lowest BCUT2D eigenvalue weighted by molar-refractivity contribution is -0.121. The second-order valence-corrected chi connectivity index (χ2v) is 4.30. The number of rotatable bonds is 3. The molecule has 1 amide bonds. The summed E-state index contributed by atoms with van der Waals surface area (Å²) in [6.07, 6.45) is 0. The fraction of sp³-hybridized carbons (Fsp3) is 0.444. The molecule has 1 saturated heterocycles. The average Bonchev–Trinajstić information content (AvgIpc) is 2.48. The largest absolute Gasteiger partial charge is 0.315 e. The van der Waals surface area contributed by atoms with E-state index in [0.717, 1.165) is 13.1 Å². The van der Waals surface area contributed by atoms with Gasteiger partial charge in [-0.2, -0.15) is 0 Å². The van der Waals surface area contributed by atoms with Crippen molar-refractivity contribution in [3.8, 4) is 0 Å². The Morgan fingerprint density at radius 1 is 1.56 bits per heavy atom. The van der Waals surface area contributed by atoms with Gasteiger partial charge in [0.2, 0.25) is 5.91 Å². The van der Waals surface area contributed by atoms with Crippen LogP contribution in [0.2, 0.25) is 0 Å². The first-order valence-electron chi connectivity index (χ1n) is 4.65. The maximum atomic E-state index is 11.5. The molecular formula is C9H12ClN3O2S. The van der Waals surface area contributed by atoms with E-state index in [9.17, 15) is 9.59 Å². The van der Waals surface area contributed by atoms with Gasteiger partial charge in [0.25, 0.3) is 0 Å². The average molecular weight is 262 g/mol. The number of anilines is 1. The van der Waals surface area contributed by atoms with E-state index in [0.29, 0.717) is 10.8 Å². The summed E-state index contributed by atoms with van der Waals surface area (Å²) in [5.74, 6) is -0.0788. The lowest BCUT2D eigenvalue weighted by atomic mass is 10.0. The molecule has 1 aromatic rings. The van der Waals surface area contributed by atoms with Gasteiger partial charge in [0, 0.05) is 25.4 Å². The van der Waals surface area contributed by atoms with Crippen molar-refractivity contribution in [2.45, 2.75) is 6.92 Å². The third-order valence-corrected chi connectivity index (χ3v) is 3.01. The molecule has 2 N–H and O–H groups in total. The quantitative estimate of drug-likeness (QED) is 0.794. The molecular weight excluding hydrogens is 250 g/mol. The van der Waals surface area contributed by atoms with Crippen LogP contribution in [0.3, 0.4) is 0 Å². The monoisotopic (exact) mass is 261 g/mol. The van der Waals surface area contributed by atoms with Gasteiger partial charge in [0.1, 0.15) is 5.69 Å². The molecule has 1 aliphatic heterocycles. The highest BCUT2D eigenvalue weighted by molar-refractivity contribution is 7.14. The highest BCUT2D eigenvalue weighted by atomic mass is 35.5. The Morgan fingerprint density at radius 3 is 2.69 bits per heavy atom. The summed E-state index contributed by atoms with van der Waals surface area (Å²) in [5.41, 5.74) is 0.405. The molecule has 7 heteroatoms. The molecule has 1 fully saturated rings. The van der Waals surface area contributed by atoms with Crippen molar-refractivity contribution < 1.29 is 9.59 Å². The number of nitrogens with zero attached hydrogens (tertiary/aromatic N) is 1. The van der Waals surface area contributed by atoms with Crippen molar-refractivity contribution in [2.24, 2.45) is 5.92 Å². The minimum absolute atomic E-state index is 0. The van der Waals surface area contributed by atoms with Gasteiger partial charge in [0.15, 0.2) is 10.9 Å². The van der Waals surface area contributed by atoms with Crippen LogP contribution in [0, 0.1) is 5.92 Å². The summed E-state index contributed by atoms with van der Waals surface area (Å²) >= 11 is 1.27. The normalized spacial score (nSPS) is 14.8. The van der Waals surface area contributed by atoms with Gasteiger partial charge < -0.3 is 10.6 Å². The first-order valence-corrected chi connectivity index (χ1v) is 5.53. The van der Waals surface area contributed by atoms with E-state index in [4.69, 9.17) is 0 Å². The van der Waals surface area contributed by atoms with Crippen molar-refractivity contribution in [1.29, 1.82) is 0 Å². The number of aromatic nitrogens is 1. The third kappa shape index (κ3) is 2.78. The number of nitrogens with one attached hydrogen (secondary N) is 2. The van der Waals surface area contributed by atoms with Crippen LogP contribution in [0.5, 0.6) is 0 Å². The van der Waals surface area contributed by atoms with Crippen LogP contribution < -0.4 is 10.6 Å². The highest BCUT2D eigenvalue weighted by Crippen LogP contribution is 2.17. The van der Waals surface area contributed by atoms with E-state index < -0.39 is 0 Å². The van der Waals surface area contributed by atoms with Gasteiger partial charge in [-0.25, -0.2) is 4.98 Å². The molecule has 16 heavy (non-hydrogen) atoms. The maximum Gasteiger partial charge on any atom is 0.231 e. The first-order chi connectivity index (χ1) is 7.16. The van der Waals surface area contributed by atoms with Crippen LogP contribution in [0.4, 0.5) is 5.13 Å². The van der Waals surface area contributed by atoms with Gasteiger partial charge >= 0.3 is 0 Å². The fourth-order valence-corrected chi connectivity index (χ4v) is 1.93. The molecule has 0 aliphatic carbocycles. The summed E-state index contributed by atoms with van der Waals surface area (Å²) in [6.45, 7) is 2.89. The Bertz CT molecular complexity index is 403. The number of halogens is 1. The summed E-state index contributed by atoms with van der Waals surface area (Å²) in [6, 6.07) is 0. The van der Waals surface area contributed by atoms with Crippen LogP contribution >= 0.6 is 23.7 Å². The summed E-state index contributed by atoms with van der Waals surface area (Å²) in [5, 5.41) is 7.86. The number of ketones is 1. The Morgan fingerprint density at radius 2 is 2.25 bits per heavy atom. The van der Waals surface area contributed by atoms with Gasteiger partial charge in [-0.15, -0.1) is 23.7 Å². The zero-order valence-electron chi connectivity index (χ0n) is 8.65. The lowest BCUT2D eigenvalue weighted by Gasteiger charge is -2.25. The minimum Gasteiger partial charge on any atom is -0.315 e. The predicted molar refractivity (Wildman–Crippen MR) is 64.4 cm³/mol. The third-order valence-electron chi connectivity index (χ3n) is 2.25. The van der Waals surface area contributed by atoms with Crippen LogP contribution in [-0.4, -0.2) is 29.8 Å². The molecule has 1 aromatic heterocycles. The lowest BCUT2D eigenvalue weighted by Crippen LogP contribution is -2.48. The van der Waals surface area contributed by atoms with E-state index in [-0.39, 0.29) is 30.0 Å². The minimum atomic E-state index is -0.0861. The number of amides is 1. The van der Waals surface area contributed by atoms with E-state index >= 15 is 0 Å². The molecule has 0 saturated carbocycles. The molecule has 2 heterocycles. The Labute approximate surface area is 103 Å². The van der Waals surface area contributed by atoms with E-state index in [2.05, 4.69) is 15.6 Å². The van der Waals surface area contributed by atoms with Crippen molar-refractivity contribution in [3.05, 3.63) is 11.1 Å². The number of hydrogen-bond acceptors (Lipinski definition) is 5. The summed E-state index contributed by atoms with van der Waals surface area (Å²) in [7, 11) is 0. The predicted octanol–water partition coefficient (Wildman–Crippen LogP) is 0.925. The van der Waals surface area contributed by atoms with E-state index in [1.165, 1.54) is 18.3 Å². The molecule has 0 aromatic carbocycles. The van der Waals surface area contributed by atoms with Crippen molar-refractivity contribution >= 4 is 40.6 Å². The summed E-state index contributed by atoms with van der Waals surface area (Å²) < 4.78 is 0. The highest BCUT2D eigenvalue weighted by Gasteiger charge is 2.25. The molecule has 1 aliphatic rings. The zero-order chi connectivity index (χ0) is 10.8. The van der Waals surface area contributed by atoms with Crippen LogP contribution in [0.25, 0.3) is 0 Å². The smallest absolute Gasteiger partial charge is 0.231 e. The standard InChI is InChI=1S/C9H11N3O2S.ClH/c1-5(13)7-4-15-9(11-7)12-8(14)6-2-10-3-6;/h4,6,10H,2-3H2,1H3,(H,11,12,14);1H. The molecule has 0 spiro atoms. The fourth-order valence-electron chi connectivity index (χ4n) is 1.17. The van der Waals surface area contributed by atoms with Gasteiger partial charge in [-0.05, 0) is 0 Å².